The summed E-state index contributed by atoms with van der Waals surface area (Å²) in [6, 6.07) is 7.89. The second kappa shape index (κ2) is 5.84. The average molecular weight is 315 g/mol. The summed E-state index contributed by atoms with van der Waals surface area (Å²) in [5.74, 6) is 0.913. The van der Waals surface area contributed by atoms with Crippen molar-refractivity contribution in [2.45, 2.75) is 19.0 Å². The van der Waals surface area contributed by atoms with Gasteiger partial charge in [0.05, 0.1) is 22.5 Å². The van der Waals surface area contributed by atoms with Crippen molar-refractivity contribution in [2.75, 3.05) is 11.1 Å². The minimum atomic E-state index is -0.0790. The number of amides is 1. The van der Waals surface area contributed by atoms with Crippen LogP contribution in [-0.4, -0.2) is 31.4 Å². The minimum Gasteiger partial charge on any atom is -0.333 e. The zero-order valence-corrected chi connectivity index (χ0v) is 13.5. The number of hydrogen-bond acceptors (Lipinski definition) is 4. The van der Waals surface area contributed by atoms with E-state index in [0.717, 1.165) is 21.9 Å². The summed E-state index contributed by atoms with van der Waals surface area (Å²) in [5, 5.41) is 7.79. The molecule has 6 nitrogen and oxygen atoms in total. The predicted octanol–water partition coefficient (Wildman–Crippen LogP) is 2.64. The summed E-state index contributed by atoms with van der Waals surface area (Å²) in [6.07, 6.45) is 0. The number of nitrogens with zero attached hydrogens (tertiary/aromatic N) is 3. The van der Waals surface area contributed by atoms with Crippen LogP contribution in [0.3, 0.4) is 0 Å². The zero-order chi connectivity index (χ0) is 15.7. The second-order valence-electron chi connectivity index (χ2n) is 5.19. The first-order chi connectivity index (χ1) is 10.5. The summed E-state index contributed by atoms with van der Waals surface area (Å²) in [5.41, 5.74) is 3.95. The number of carbonyl (C=O) groups is 1. The third kappa shape index (κ3) is 3.14. The zero-order valence-electron chi connectivity index (χ0n) is 12.7. The molecule has 0 bridgehead atoms. The molecule has 0 aliphatic heterocycles. The van der Waals surface area contributed by atoms with Crippen molar-refractivity contribution in [3.05, 3.63) is 35.5 Å². The van der Waals surface area contributed by atoms with Crippen LogP contribution >= 0.6 is 11.8 Å². The Balaban J connectivity index is 1.63. The Labute approximate surface area is 132 Å². The molecule has 22 heavy (non-hydrogen) atoms. The maximum absolute atomic E-state index is 12.0. The Bertz CT molecular complexity index is 836. The van der Waals surface area contributed by atoms with Crippen LogP contribution in [0.1, 0.15) is 11.3 Å². The summed E-state index contributed by atoms with van der Waals surface area (Å²) in [4.78, 5) is 19.7. The van der Waals surface area contributed by atoms with Gasteiger partial charge in [0.2, 0.25) is 5.91 Å². The quantitative estimate of drug-likeness (QED) is 0.726. The van der Waals surface area contributed by atoms with Gasteiger partial charge in [-0.15, -0.1) is 0 Å². The number of thioether (sulfide) groups is 1. The summed E-state index contributed by atoms with van der Waals surface area (Å²) in [7, 11) is 1.80. The first-order valence-corrected chi connectivity index (χ1v) is 7.89. The number of benzene rings is 1. The van der Waals surface area contributed by atoms with E-state index in [2.05, 4.69) is 20.4 Å². The number of carbonyl (C=O) groups excluding carboxylic acids is 1. The number of aryl methyl sites for hydroxylation is 3. The first kappa shape index (κ1) is 14.6. The number of hydrogen-bond donors (Lipinski definition) is 2. The lowest BCUT2D eigenvalue weighted by atomic mass is 10.2. The molecule has 3 rings (SSSR count). The van der Waals surface area contributed by atoms with E-state index in [1.165, 1.54) is 17.3 Å². The van der Waals surface area contributed by atoms with Gasteiger partial charge in [-0.3, -0.25) is 9.48 Å². The molecule has 0 spiro atoms. The highest BCUT2D eigenvalue weighted by molar-refractivity contribution is 7.99. The first-order valence-electron chi connectivity index (χ1n) is 6.91. The van der Waals surface area contributed by atoms with Gasteiger partial charge in [0.1, 0.15) is 5.82 Å². The van der Waals surface area contributed by atoms with Gasteiger partial charge in [0.25, 0.3) is 0 Å². The minimum absolute atomic E-state index is 0.0790. The van der Waals surface area contributed by atoms with E-state index in [4.69, 9.17) is 0 Å². The van der Waals surface area contributed by atoms with Crippen molar-refractivity contribution in [2.24, 2.45) is 7.05 Å². The number of anilines is 1. The lowest BCUT2D eigenvalue weighted by Gasteiger charge is -2.03. The smallest absolute Gasteiger partial charge is 0.235 e. The molecule has 0 atom stereocenters. The molecule has 7 heteroatoms. The lowest BCUT2D eigenvalue weighted by molar-refractivity contribution is -0.113. The fraction of sp³-hybridized carbons (Fsp3) is 0.267. The molecule has 0 saturated heterocycles. The number of H-pyrrole nitrogens is 1. The molecule has 0 saturated carbocycles. The third-order valence-electron chi connectivity index (χ3n) is 3.23. The van der Waals surface area contributed by atoms with Crippen molar-refractivity contribution in [3.8, 4) is 0 Å². The van der Waals surface area contributed by atoms with Gasteiger partial charge in [-0.2, -0.15) is 5.10 Å². The van der Waals surface area contributed by atoms with E-state index in [1.54, 1.807) is 11.7 Å². The van der Waals surface area contributed by atoms with E-state index in [0.29, 0.717) is 11.6 Å². The van der Waals surface area contributed by atoms with Crippen molar-refractivity contribution in [1.82, 2.24) is 19.7 Å². The van der Waals surface area contributed by atoms with Gasteiger partial charge in [-0.25, -0.2) is 4.98 Å². The number of rotatable bonds is 4. The summed E-state index contributed by atoms with van der Waals surface area (Å²) >= 11 is 1.38. The van der Waals surface area contributed by atoms with Gasteiger partial charge in [-0.05, 0) is 31.5 Å². The summed E-state index contributed by atoms with van der Waals surface area (Å²) < 4.78 is 1.65. The fourth-order valence-corrected chi connectivity index (χ4v) is 2.89. The molecule has 1 amide bonds. The van der Waals surface area contributed by atoms with Crippen molar-refractivity contribution in [1.29, 1.82) is 0 Å². The molecule has 1 aromatic carbocycles. The monoisotopic (exact) mass is 315 g/mol. The Kier molecular flexibility index (Phi) is 3.89. The number of aromatic amines is 1. The topological polar surface area (TPSA) is 75.6 Å². The molecule has 2 heterocycles. The van der Waals surface area contributed by atoms with Gasteiger partial charge in [0.15, 0.2) is 5.16 Å². The van der Waals surface area contributed by atoms with E-state index in [9.17, 15) is 4.79 Å². The van der Waals surface area contributed by atoms with Crippen molar-refractivity contribution < 1.29 is 4.79 Å². The van der Waals surface area contributed by atoms with Crippen LogP contribution in [0.15, 0.2) is 29.4 Å². The number of nitrogens with one attached hydrogen (secondary N) is 2. The van der Waals surface area contributed by atoms with Crippen LogP contribution in [0.2, 0.25) is 0 Å². The van der Waals surface area contributed by atoms with E-state index in [1.807, 2.05) is 38.1 Å². The van der Waals surface area contributed by atoms with E-state index in [-0.39, 0.29) is 5.91 Å². The van der Waals surface area contributed by atoms with Crippen LogP contribution in [-0.2, 0) is 11.8 Å². The number of aromatic nitrogens is 4. The van der Waals surface area contributed by atoms with Gasteiger partial charge >= 0.3 is 0 Å². The molecular weight excluding hydrogens is 298 g/mol. The Hall–Kier alpha value is -2.28. The Morgan fingerprint density at radius 1 is 1.36 bits per heavy atom. The molecule has 0 aliphatic carbocycles. The molecule has 0 fully saturated rings. The lowest BCUT2D eigenvalue weighted by Crippen LogP contribution is -2.16. The average Bonchev–Trinajstić information content (AvgIpc) is 2.99. The Morgan fingerprint density at radius 2 is 2.18 bits per heavy atom. The molecule has 0 radical (unpaired) electrons. The van der Waals surface area contributed by atoms with Crippen LogP contribution in [0.4, 0.5) is 5.82 Å². The van der Waals surface area contributed by atoms with Gasteiger partial charge in [-0.1, -0.05) is 17.8 Å². The number of imidazole rings is 1. The predicted molar refractivity (Wildman–Crippen MR) is 88.1 cm³/mol. The highest BCUT2D eigenvalue weighted by Gasteiger charge is 2.10. The van der Waals surface area contributed by atoms with Crippen LogP contribution < -0.4 is 5.32 Å². The largest absolute Gasteiger partial charge is 0.333 e. The van der Waals surface area contributed by atoms with Crippen LogP contribution in [0.25, 0.3) is 11.0 Å². The molecule has 0 unspecified atom stereocenters. The van der Waals surface area contributed by atoms with Gasteiger partial charge < -0.3 is 10.3 Å². The standard InChI is InChI=1S/C15H17N5OS/c1-9-4-5-11-12(6-9)17-15(16-11)22-8-14(21)18-13-7-10(2)19-20(13)3/h4-7H,8H2,1-3H3,(H,16,17)(H,18,21). The Morgan fingerprint density at radius 3 is 2.91 bits per heavy atom. The normalized spacial score (nSPS) is 11.0. The second-order valence-corrected chi connectivity index (χ2v) is 6.16. The number of fused-ring (bicyclic) bond motifs is 1. The maximum atomic E-state index is 12.0. The maximum Gasteiger partial charge on any atom is 0.235 e. The van der Waals surface area contributed by atoms with E-state index >= 15 is 0 Å². The molecule has 3 aromatic rings. The van der Waals surface area contributed by atoms with E-state index < -0.39 is 0 Å². The van der Waals surface area contributed by atoms with Crippen LogP contribution in [0, 0.1) is 13.8 Å². The summed E-state index contributed by atoms with van der Waals surface area (Å²) in [6.45, 7) is 3.93. The molecule has 2 aromatic heterocycles. The highest BCUT2D eigenvalue weighted by Crippen LogP contribution is 2.20. The molecule has 0 aliphatic rings. The molecule has 114 valence electrons. The molecule has 2 N–H and O–H groups in total. The van der Waals surface area contributed by atoms with Gasteiger partial charge in [0, 0.05) is 13.1 Å². The van der Waals surface area contributed by atoms with Crippen molar-refractivity contribution >= 4 is 34.5 Å². The fourth-order valence-electron chi connectivity index (χ4n) is 2.21. The SMILES string of the molecule is Cc1ccc2nc(SCC(=O)Nc3cc(C)nn3C)[nH]c2c1. The molecular formula is C15H17N5OS. The van der Waals surface area contributed by atoms with Crippen LogP contribution in [0.5, 0.6) is 0 Å². The highest BCUT2D eigenvalue weighted by atomic mass is 32.2. The van der Waals surface area contributed by atoms with Crippen molar-refractivity contribution in [3.63, 3.8) is 0 Å². The third-order valence-corrected chi connectivity index (χ3v) is 4.10.